The Morgan fingerprint density at radius 1 is 1.35 bits per heavy atom. The van der Waals surface area contributed by atoms with Crippen molar-refractivity contribution in [2.24, 2.45) is 0 Å². The molecule has 2 N–H and O–H groups in total. The van der Waals surface area contributed by atoms with Gasteiger partial charge in [-0.1, -0.05) is 6.07 Å². The molecule has 0 aliphatic rings. The summed E-state index contributed by atoms with van der Waals surface area (Å²) >= 11 is 3.04. The Kier molecular flexibility index (Phi) is 6.10. The Morgan fingerprint density at radius 2 is 2.05 bits per heavy atom. The molecular formula is C12H13BrN2O5. The van der Waals surface area contributed by atoms with Crippen LogP contribution < -0.4 is 5.32 Å². The number of carbonyl (C=O) groups is 2. The van der Waals surface area contributed by atoms with Crippen LogP contribution >= 0.6 is 15.9 Å². The van der Waals surface area contributed by atoms with Crippen LogP contribution in [0.2, 0.25) is 0 Å². The van der Waals surface area contributed by atoms with Crippen molar-refractivity contribution in [2.45, 2.75) is 19.3 Å². The van der Waals surface area contributed by atoms with Gasteiger partial charge in [-0.15, -0.1) is 0 Å². The van der Waals surface area contributed by atoms with Gasteiger partial charge in [-0.2, -0.15) is 0 Å². The van der Waals surface area contributed by atoms with Gasteiger partial charge in [-0.3, -0.25) is 19.7 Å². The molecule has 0 atom stereocenters. The smallest absolute Gasteiger partial charge is 0.303 e. The van der Waals surface area contributed by atoms with Crippen LogP contribution in [-0.4, -0.2) is 28.5 Å². The summed E-state index contributed by atoms with van der Waals surface area (Å²) in [5.41, 5.74) is 0.000891. The van der Waals surface area contributed by atoms with E-state index in [2.05, 4.69) is 21.2 Å². The third-order valence-electron chi connectivity index (χ3n) is 2.52. The molecule has 1 amide bonds. The van der Waals surface area contributed by atoms with Gasteiger partial charge >= 0.3 is 5.97 Å². The number of halogens is 1. The Hall–Kier alpha value is -1.96. The molecule has 1 rings (SSSR count). The predicted molar refractivity (Wildman–Crippen MR) is 74.6 cm³/mol. The van der Waals surface area contributed by atoms with Crippen LogP contribution in [0.15, 0.2) is 22.7 Å². The fraction of sp³-hybridized carbons (Fsp3) is 0.333. The van der Waals surface area contributed by atoms with Gasteiger partial charge in [0.25, 0.3) is 11.6 Å². The van der Waals surface area contributed by atoms with Crippen molar-refractivity contribution >= 4 is 33.5 Å². The first-order valence-corrected chi connectivity index (χ1v) is 6.65. The van der Waals surface area contributed by atoms with E-state index in [1.165, 1.54) is 18.2 Å². The second-order valence-corrected chi connectivity index (χ2v) is 4.80. The summed E-state index contributed by atoms with van der Waals surface area (Å²) in [5, 5.41) is 21.8. The van der Waals surface area contributed by atoms with Gasteiger partial charge in [0.05, 0.1) is 10.5 Å². The van der Waals surface area contributed by atoms with E-state index in [9.17, 15) is 19.7 Å². The van der Waals surface area contributed by atoms with Crippen molar-refractivity contribution in [3.8, 4) is 0 Å². The summed E-state index contributed by atoms with van der Waals surface area (Å²) in [4.78, 5) is 32.3. The normalized spacial score (nSPS) is 10.1. The predicted octanol–water partition coefficient (Wildman–Crippen LogP) is 2.34. The molecule has 0 aliphatic carbocycles. The lowest BCUT2D eigenvalue weighted by Crippen LogP contribution is -2.25. The molecule has 1 aromatic carbocycles. The zero-order valence-corrected chi connectivity index (χ0v) is 12.1. The molecule has 0 spiro atoms. The number of nitrogens with zero attached hydrogens (tertiary/aromatic N) is 1. The monoisotopic (exact) mass is 344 g/mol. The highest BCUT2D eigenvalue weighted by Gasteiger charge is 2.18. The van der Waals surface area contributed by atoms with E-state index in [-0.39, 0.29) is 22.1 Å². The minimum absolute atomic E-state index is 0.0520. The van der Waals surface area contributed by atoms with Gasteiger partial charge in [0.1, 0.15) is 4.47 Å². The lowest BCUT2D eigenvalue weighted by molar-refractivity contribution is -0.385. The molecule has 0 bridgehead atoms. The summed E-state index contributed by atoms with van der Waals surface area (Å²) < 4.78 is 0.132. The van der Waals surface area contributed by atoms with Crippen LogP contribution in [0.25, 0.3) is 0 Å². The molecular weight excluding hydrogens is 332 g/mol. The quantitative estimate of drug-likeness (QED) is 0.448. The summed E-state index contributed by atoms with van der Waals surface area (Å²) in [5.74, 6) is -1.31. The van der Waals surface area contributed by atoms with Crippen molar-refractivity contribution in [3.63, 3.8) is 0 Å². The number of carboxylic acid groups (broad SMARTS) is 1. The summed E-state index contributed by atoms with van der Waals surface area (Å²) in [6, 6.07) is 4.21. The number of nitro benzene ring substituents is 1. The molecule has 1 aromatic rings. The van der Waals surface area contributed by atoms with Crippen LogP contribution in [0.5, 0.6) is 0 Å². The van der Waals surface area contributed by atoms with E-state index in [1.54, 1.807) is 0 Å². The maximum Gasteiger partial charge on any atom is 0.303 e. The number of hydrogen-bond acceptors (Lipinski definition) is 4. The fourth-order valence-electron chi connectivity index (χ4n) is 1.53. The lowest BCUT2D eigenvalue weighted by Gasteiger charge is -2.06. The molecule has 0 unspecified atom stereocenters. The molecule has 0 aliphatic heterocycles. The second-order valence-electron chi connectivity index (χ2n) is 4.00. The number of amides is 1. The highest BCUT2D eigenvalue weighted by atomic mass is 79.9. The van der Waals surface area contributed by atoms with Crippen LogP contribution in [0.3, 0.4) is 0 Å². The zero-order chi connectivity index (χ0) is 15.1. The van der Waals surface area contributed by atoms with Crippen LogP contribution in [0, 0.1) is 10.1 Å². The van der Waals surface area contributed by atoms with Crippen LogP contribution in [-0.2, 0) is 4.79 Å². The number of hydrogen-bond donors (Lipinski definition) is 2. The van der Waals surface area contributed by atoms with Gasteiger partial charge in [-0.05, 0) is 34.8 Å². The molecule has 0 fully saturated rings. The van der Waals surface area contributed by atoms with Crippen LogP contribution in [0.1, 0.15) is 29.6 Å². The first-order chi connectivity index (χ1) is 9.43. The van der Waals surface area contributed by atoms with Crippen molar-refractivity contribution in [1.82, 2.24) is 5.32 Å². The number of aliphatic carboxylic acids is 1. The molecule has 108 valence electrons. The fourth-order valence-corrected chi connectivity index (χ4v) is 2.12. The third-order valence-corrected chi connectivity index (χ3v) is 3.36. The standard InChI is InChI=1S/C12H13BrN2O5/c13-11-8(4-3-5-9(11)15(19)20)12(18)14-7-2-1-6-10(16)17/h3-5H,1-2,6-7H2,(H,14,18)(H,16,17). The van der Waals surface area contributed by atoms with E-state index in [0.717, 1.165) is 0 Å². The Morgan fingerprint density at radius 3 is 2.65 bits per heavy atom. The number of rotatable bonds is 7. The Bertz CT molecular complexity index is 533. The second kappa shape index (κ2) is 7.59. The van der Waals surface area contributed by atoms with Gasteiger partial charge < -0.3 is 10.4 Å². The van der Waals surface area contributed by atoms with Gasteiger partial charge in [0.15, 0.2) is 0 Å². The summed E-state index contributed by atoms with van der Waals surface area (Å²) in [7, 11) is 0. The number of nitro groups is 1. The molecule has 0 saturated carbocycles. The number of nitrogens with one attached hydrogen (secondary N) is 1. The van der Waals surface area contributed by atoms with Crippen LogP contribution in [0.4, 0.5) is 5.69 Å². The van der Waals surface area contributed by atoms with E-state index in [1.807, 2.05) is 0 Å². The molecule has 20 heavy (non-hydrogen) atoms. The minimum Gasteiger partial charge on any atom is -0.481 e. The molecule has 0 saturated heterocycles. The molecule has 0 heterocycles. The number of carbonyl (C=O) groups excluding carboxylic acids is 1. The van der Waals surface area contributed by atoms with Gasteiger partial charge in [0, 0.05) is 19.0 Å². The largest absolute Gasteiger partial charge is 0.481 e. The molecule has 0 aromatic heterocycles. The highest BCUT2D eigenvalue weighted by molar-refractivity contribution is 9.10. The maximum atomic E-state index is 11.9. The van der Waals surface area contributed by atoms with Crippen molar-refractivity contribution in [2.75, 3.05) is 6.54 Å². The van der Waals surface area contributed by atoms with Gasteiger partial charge in [0.2, 0.25) is 0 Å². The van der Waals surface area contributed by atoms with Crippen molar-refractivity contribution in [3.05, 3.63) is 38.3 Å². The van der Waals surface area contributed by atoms with Crippen molar-refractivity contribution < 1.29 is 19.6 Å². The third kappa shape index (κ3) is 4.61. The average molecular weight is 345 g/mol. The first-order valence-electron chi connectivity index (χ1n) is 5.86. The maximum absolute atomic E-state index is 11.9. The molecule has 0 radical (unpaired) electrons. The summed E-state index contributed by atoms with van der Waals surface area (Å²) in [6.45, 7) is 0.321. The number of unbranched alkanes of at least 4 members (excludes halogenated alkanes) is 1. The SMILES string of the molecule is O=C(O)CCCCNC(=O)c1cccc([N+](=O)[O-])c1Br. The van der Waals surface area contributed by atoms with E-state index < -0.39 is 16.8 Å². The number of carboxylic acids is 1. The number of benzene rings is 1. The first kappa shape index (κ1) is 16.1. The van der Waals surface area contributed by atoms with Crippen molar-refractivity contribution in [1.29, 1.82) is 0 Å². The minimum atomic E-state index is -0.877. The Labute approximate surface area is 123 Å². The summed E-state index contributed by atoms with van der Waals surface area (Å²) in [6.07, 6.45) is 1.05. The topological polar surface area (TPSA) is 110 Å². The van der Waals surface area contributed by atoms with Gasteiger partial charge in [-0.25, -0.2) is 0 Å². The zero-order valence-electron chi connectivity index (χ0n) is 10.5. The lowest BCUT2D eigenvalue weighted by atomic mass is 10.2. The van der Waals surface area contributed by atoms with E-state index in [4.69, 9.17) is 5.11 Å². The van der Waals surface area contributed by atoms with E-state index >= 15 is 0 Å². The Balaban J connectivity index is 2.58. The molecule has 7 nitrogen and oxygen atoms in total. The highest BCUT2D eigenvalue weighted by Crippen LogP contribution is 2.28. The van der Waals surface area contributed by atoms with E-state index in [0.29, 0.717) is 19.4 Å². The molecule has 8 heteroatoms. The average Bonchev–Trinajstić information content (AvgIpc) is 2.37.